The number of carbonyl (C=O) groups excluding carboxylic acids is 1. The number of aromatic nitrogens is 2. The van der Waals surface area contributed by atoms with E-state index in [2.05, 4.69) is 15.5 Å². The fourth-order valence-electron chi connectivity index (χ4n) is 2.92. The zero-order valence-corrected chi connectivity index (χ0v) is 13.8. The highest BCUT2D eigenvalue weighted by Crippen LogP contribution is 2.20. The van der Waals surface area contributed by atoms with Crippen LogP contribution in [0, 0.1) is 0 Å². The van der Waals surface area contributed by atoms with Crippen LogP contribution in [0.2, 0.25) is 0 Å². The van der Waals surface area contributed by atoms with Crippen LogP contribution in [-0.4, -0.2) is 43.2 Å². The summed E-state index contributed by atoms with van der Waals surface area (Å²) in [6.45, 7) is 0.563. The number of nitrogens with zero attached hydrogens (tertiary/aromatic N) is 1. The van der Waals surface area contributed by atoms with Crippen LogP contribution >= 0.6 is 0 Å². The van der Waals surface area contributed by atoms with Gasteiger partial charge in [0.2, 0.25) is 5.91 Å². The summed E-state index contributed by atoms with van der Waals surface area (Å²) >= 11 is 0. The molecule has 0 unspecified atom stereocenters. The van der Waals surface area contributed by atoms with Crippen molar-refractivity contribution in [2.24, 2.45) is 0 Å². The highest BCUT2D eigenvalue weighted by Gasteiger charge is 2.19. The van der Waals surface area contributed by atoms with Crippen LogP contribution in [-0.2, 0) is 33.5 Å². The molecule has 1 aliphatic carbocycles. The van der Waals surface area contributed by atoms with Gasteiger partial charge in [0, 0.05) is 32.7 Å². The van der Waals surface area contributed by atoms with Gasteiger partial charge in [-0.15, -0.1) is 0 Å². The van der Waals surface area contributed by atoms with Gasteiger partial charge in [0.25, 0.3) is 5.56 Å². The second kappa shape index (κ2) is 8.79. The Bertz CT molecular complexity index is 581. The molecule has 7 nitrogen and oxygen atoms in total. The summed E-state index contributed by atoms with van der Waals surface area (Å²) in [5.74, 6) is -0.0799. The fourth-order valence-corrected chi connectivity index (χ4v) is 2.92. The lowest BCUT2D eigenvalue weighted by Crippen LogP contribution is -2.30. The van der Waals surface area contributed by atoms with Gasteiger partial charge in [-0.2, -0.15) is 5.10 Å². The molecular weight excluding hydrogens is 298 g/mol. The van der Waals surface area contributed by atoms with E-state index in [1.165, 1.54) is 0 Å². The van der Waals surface area contributed by atoms with Gasteiger partial charge in [0.05, 0.1) is 12.1 Å². The average molecular weight is 323 g/mol. The van der Waals surface area contributed by atoms with Gasteiger partial charge in [-0.25, -0.2) is 5.10 Å². The SMILES string of the molecule is COC(CCCNC(=O)Cc1n[nH]c(=O)c2c1CCCC2)OC. The van der Waals surface area contributed by atoms with Crippen molar-refractivity contribution in [3.8, 4) is 0 Å². The first-order valence-corrected chi connectivity index (χ1v) is 8.07. The van der Waals surface area contributed by atoms with Crippen LogP contribution < -0.4 is 10.9 Å². The Morgan fingerprint density at radius 3 is 2.65 bits per heavy atom. The minimum absolute atomic E-state index is 0.0799. The van der Waals surface area contributed by atoms with E-state index in [1.54, 1.807) is 14.2 Å². The topological polar surface area (TPSA) is 93.3 Å². The maximum Gasteiger partial charge on any atom is 0.267 e. The molecule has 2 rings (SSSR count). The highest BCUT2D eigenvalue weighted by molar-refractivity contribution is 5.78. The Balaban J connectivity index is 1.85. The van der Waals surface area contributed by atoms with Crippen molar-refractivity contribution in [1.29, 1.82) is 0 Å². The van der Waals surface area contributed by atoms with E-state index in [9.17, 15) is 9.59 Å². The predicted octanol–water partition coefficient (Wildman–Crippen LogP) is 0.706. The molecule has 0 bridgehead atoms. The smallest absolute Gasteiger partial charge is 0.267 e. The predicted molar refractivity (Wildman–Crippen MR) is 85.3 cm³/mol. The normalized spacial score (nSPS) is 13.9. The van der Waals surface area contributed by atoms with Gasteiger partial charge in [0.15, 0.2) is 6.29 Å². The van der Waals surface area contributed by atoms with Crippen LogP contribution in [0.15, 0.2) is 4.79 Å². The number of nitrogens with one attached hydrogen (secondary N) is 2. The molecule has 7 heteroatoms. The van der Waals surface area contributed by atoms with E-state index in [1.807, 2.05) is 0 Å². The van der Waals surface area contributed by atoms with E-state index in [0.29, 0.717) is 12.2 Å². The molecule has 1 amide bonds. The summed E-state index contributed by atoms with van der Waals surface area (Å²) in [7, 11) is 3.19. The standard InChI is InChI=1S/C16H25N3O4/c1-22-15(23-2)8-5-9-17-14(20)10-13-11-6-3-4-7-12(11)16(21)19-18-13/h15H,3-10H2,1-2H3,(H,17,20)(H,19,21). The molecule has 1 aromatic heterocycles. The van der Waals surface area contributed by atoms with E-state index < -0.39 is 0 Å². The van der Waals surface area contributed by atoms with E-state index >= 15 is 0 Å². The summed E-state index contributed by atoms with van der Waals surface area (Å²) in [5, 5.41) is 9.46. The molecule has 0 aromatic carbocycles. The van der Waals surface area contributed by atoms with Gasteiger partial charge >= 0.3 is 0 Å². The minimum atomic E-state index is -0.236. The Morgan fingerprint density at radius 1 is 1.26 bits per heavy atom. The van der Waals surface area contributed by atoms with Crippen LogP contribution in [0.3, 0.4) is 0 Å². The Morgan fingerprint density at radius 2 is 1.96 bits per heavy atom. The number of carbonyl (C=O) groups is 1. The largest absolute Gasteiger partial charge is 0.356 e. The van der Waals surface area contributed by atoms with Crippen LogP contribution in [0.5, 0.6) is 0 Å². The maximum atomic E-state index is 12.1. The number of rotatable bonds is 8. The highest BCUT2D eigenvalue weighted by atomic mass is 16.7. The van der Waals surface area contributed by atoms with Crippen LogP contribution in [0.1, 0.15) is 42.5 Å². The number of H-pyrrole nitrogens is 1. The molecule has 23 heavy (non-hydrogen) atoms. The first-order valence-electron chi connectivity index (χ1n) is 8.07. The van der Waals surface area contributed by atoms with Gasteiger partial charge in [-0.05, 0) is 37.7 Å². The molecule has 2 N–H and O–H groups in total. The van der Waals surface area contributed by atoms with Gasteiger partial charge in [0.1, 0.15) is 0 Å². The minimum Gasteiger partial charge on any atom is -0.356 e. The van der Waals surface area contributed by atoms with Crippen molar-refractivity contribution in [2.75, 3.05) is 20.8 Å². The van der Waals surface area contributed by atoms with Crippen molar-refractivity contribution in [1.82, 2.24) is 15.5 Å². The number of aromatic amines is 1. The number of methoxy groups -OCH3 is 2. The second-order valence-corrected chi connectivity index (χ2v) is 5.73. The summed E-state index contributed by atoms with van der Waals surface area (Å²) in [6.07, 6.45) is 5.13. The number of fused-ring (bicyclic) bond motifs is 1. The van der Waals surface area contributed by atoms with Crippen molar-refractivity contribution in [3.63, 3.8) is 0 Å². The van der Waals surface area contributed by atoms with Gasteiger partial charge < -0.3 is 14.8 Å². The molecule has 1 heterocycles. The lowest BCUT2D eigenvalue weighted by molar-refractivity contribution is -0.121. The fraction of sp³-hybridized carbons (Fsp3) is 0.688. The number of amides is 1. The lowest BCUT2D eigenvalue weighted by atomic mass is 9.91. The Kier molecular flexibility index (Phi) is 6.73. The molecule has 1 aliphatic rings. The molecule has 0 aliphatic heterocycles. The molecule has 0 spiro atoms. The van der Waals surface area contributed by atoms with E-state index in [4.69, 9.17) is 9.47 Å². The van der Waals surface area contributed by atoms with E-state index in [-0.39, 0.29) is 24.2 Å². The summed E-state index contributed by atoms with van der Waals surface area (Å²) in [5.41, 5.74) is 2.35. The molecule has 0 saturated carbocycles. The average Bonchev–Trinajstić information content (AvgIpc) is 2.58. The van der Waals surface area contributed by atoms with Crippen molar-refractivity contribution in [2.45, 2.75) is 51.2 Å². The molecule has 0 atom stereocenters. The quantitative estimate of drug-likeness (QED) is 0.543. The first kappa shape index (κ1) is 17.6. The lowest BCUT2D eigenvalue weighted by Gasteiger charge is -2.17. The van der Waals surface area contributed by atoms with Gasteiger partial charge in [-0.3, -0.25) is 9.59 Å². The monoisotopic (exact) mass is 323 g/mol. The second-order valence-electron chi connectivity index (χ2n) is 5.73. The molecule has 128 valence electrons. The molecular formula is C16H25N3O4. The number of hydrogen-bond donors (Lipinski definition) is 2. The third-order valence-corrected chi connectivity index (χ3v) is 4.18. The summed E-state index contributed by atoms with van der Waals surface area (Å²) in [4.78, 5) is 23.9. The maximum absolute atomic E-state index is 12.1. The summed E-state index contributed by atoms with van der Waals surface area (Å²) < 4.78 is 10.2. The van der Waals surface area contributed by atoms with Crippen LogP contribution in [0.4, 0.5) is 0 Å². The zero-order valence-electron chi connectivity index (χ0n) is 13.8. The van der Waals surface area contributed by atoms with Crippen molar-refractivity contribution < 1.29 is 14.3 Å². The third-order valence-electron chi connectivity index (χ3n) is 4.18. The number of ether oxygens (including phenoxy) is 2. The third kappa shape index (κ3) is 4.87. The molecule has 0 radical (unpaired) electrons. The molecule has 0 fully saturated rings. The number of hydrogen-bond acceptors (Lipinski definition) is 5. The zero-order chi connectivity index (χ0) is 16.7. The van der Waals surface area contributed by atoms with Crippen molar-refractivity contribution >= 4 is 5.91 Å². The van der Waals surface area contributed by atoms with Crippen molar-refractivity contribution in [3.05, 3.63) is 27.2 Å². The Hall–Kier alpha value is -1.73. The molecule has 1 aromatic rings. The van der Waals surface area contributed by atoms with Gasteiger partial charge in [-0.1, -0.05) is 0 Å². The Labute approximate surface area is 135 Å². The summed E-state index contributed by atoms with van der Waals surface area (Å²) in [6, 6.07) is 0. The van der Waals surface area contributed by atoms with E-state index in [0.717, 1.165) is 49.7 Å². The molecule has 0 saturated heterocycles. The first-order chi connectivity index (χ1) is 11.2. The van der Waals surface area contributed by atoms with Crippen LogP contribution in [0.25, 0.3) is 0 Å².